The Balaban J connectivity index is 2.08. The van der Waals surface area contributed by atoms with Crippen molar-refractivity contribution in [2.24, 2.45) is 13.0 Å². The molecule has 0 spiro atoms. The van der Waals surface area contributed by atoms with Crippen molar-refractivity contribution in [1.82, 2.24) is 4.98 Å². The highest BCUT2D eigenvalue weighted by molar-refractivity contribution is 7.26. The molecule has 2 aromatic heterocycles. The third-order valence-corrected chi connectivity index (χ3v) is 6.00. The molecular formula is C22H23N2S+. The highest BCUT2D eigenvalue weighted by Gasteiger charge is 2.22. The molecule has 0 saturated carbocycles. The lowest BCUT2D eigenvalue weighted by Gasteiger charge is -2.06. The van der Waals surface area contributed by atoms with E-state index in [0.717, 1.165) is 11.9 Å². The van der Waals surface area contributed by atoms with Gasteiger partial charge in [-0.05, 0) is 41.4 Å². The van der Waals surface area contributed by atoms with E-state index in [4.69, 9.17) is 4.98 Å². The maximum atomic E-state index is 4.78. The first-order valence-electron chi connectivity index (χ1n) is 8.81. The van der Waals surface area contributed by atoms with Crippen LogP contribution in [0.3, 0.4) is 0 Å². The molecule has 0 unspecified atom stereocenters. The molecule has 0 aliphatic heterocycles. The number of benzene rings is 2. The Labute approximate surface area is 152 Å². The monoisotopic (exact) mass is 347 g/mol. The van der Waals surface area contributed by atoms with Crippen LogP contribution in [0.2, 0.25) is 0 Å². The molecule has 0 atom stereocenters. The van der Waals surface area contributed by atoms with Gasteiger partial charge in [0.2, 0.25) is 5.52 Å². The van der Waals surface area contributed by atoms with Crippen molar-refractivity contribution in [3.05, 3.63) is 59.9 Å². The highest BCUT2D eigenvalue weighted by Crippen LogP contribution is 2.39. The van der Waals surface area contributed by atoms with Gasteiger partial charge in [-0.15, -0.1) is 11.3 Å². The van der Waals surface area contributed by atoms with Crippen LogP contribution >= 0.6 is 11.3 Å². The van der Waals surface area contributed by atoms with Gasteiger partial charge >= 0.3 is 0 Å². The van der Waals surface area contributed by atoms with E-state index in [-0.39, 0.29) is 0 Å². The largest absolute Gasteiger partial charge is 0.287 e. The van der Waals surface area contributed by atoms with Gasteiger partial charge in [0.1, 0.15) is 4.70 Å². The standard InChI is InChI=1S/C22H23N2S/c1-14(2)12-16-9-7-11-18-19-22(25-21(16)18)20(24(4)13-23-19)17-10-6-5-8-15(17)3/h5-11,13-14H,12H2,1-4H3/q+1. The SMILES string of the molecule is Cc1ccccc1-c1c2sc3c(CC(C)C)cccc3c2nc[n+]1C. The average Bonchev–Trinajstić information content (AvgIpc) is 2.95. The van der Waals surface area contributed by atoms with Crippen molar-refractivity contribution in [2.45, 2.75) is 27.2 Å². The maximum absolute atomic E-state index is 4.78. The molecule has 0 N–H and O–H groups in total. The van der Waals surface area contributed by atoms with E-state index in [2.05, 4.69) is 74.9 Å². The van der Waals surface area contributed by atoms with Gasteiger partial charge in [0.15, 0.2) is 5.69 Å². The molecule has 25 heavy (non-hydrogen) atoms. The molecule has 0 aliphatic carbocycles. The predicted molar refractivity (Wildman–Crippen MR) is 107 cm³/mol. The Kier molecular flexibility index (Phi) is 4.04. The summed E-state index contributed by atoms with van der Waals surface area (Å²) in [6, 6.07) is 15.3. The third kappa shape index (κ3) is 2.73. The van der Waals surface area contributed by atoms with Crippen LogP contribution in [0.5, 0.6) is 0 Å². The molecule has 0 aliphatic rings. The Morgan fingerprint density at radius 2 is 1.84 bits per heavy atom. The minimum absolute atomic E-state index is 0.649. The lowest BCUT2D eigenvalue weighted by molar-refractivity contribution is -0.662. The lowest BCUT2D eigenvalue weighted by Crippen LogP contribution is -2.31. The number of aryl methyl sites for hydroxylation is 2. The Bertz CT molecular complexity index is 1080. The average molecular weight is 348 g/mol. The van der Waals surface area contributed by atoms with Crippen LogP contribution in [0.1, 0.15) is 25.0 Å². The topological polar surface area (TPSA) is 16.8 Å². The van der Waals surface area contributed by atoms with Gasteiger partial charge in [0.25, 0.3) is 6.33 Å². The number of nitrogens with zero attached hydrogens (tertiary/aromatic N) is 2. The van der Waals surface area contributed by atoms with E-state index >= 15 is 0 Å². The van der Waals surface area contributed by atoms with Crippen LogP contribution in [0.4, 0.5) is 0 Å². The first-order chi connectivity index (χ1) is 12.1. The van der Waals surface area contributed by atoms with E-state index in [9.17, 15) is 0 Å². The van der Waals surface area contributed by atoms with Crippen molar-refractivity contribution >= 4 is 31.6 Å². The summed E-state index contributed by atoms with van der Waals surface area (Å²) in [6.45, 7) is 6.74. The van der Waals surface area contributed by atoms with Crippen molar-refractivity contribution < 1.29 is 4.57 Å². The molecule has 2 aromatic carbocycles. The molecule has 126 valence electrons. The zero-order valence-corrected chi connectivity index (χ0v) is 16.0. The number of aromatic nitrogens is 2. The van der Waals surface area contributed by atoms with Crippen molar-refractivity contribution in [3.63, 3.8) is 0 Å². The summed E-state index contributed by atoms with van der Waals surface area (Å²) in [4.78, 5) is 4.78. The zero-order valence-electron chi connectivity index (χ0n) is 15.2. The zero-order chi connectivity index (χ0) is 17.6. The number of thiophene rings is 1. The summed E-state index contributed by atoms with van der Waals surface area (Å²) in [5, 5.41) is 1.29. The van der Waals surface area contributed by atoms with Gasteiger partial charge in [-0.3, -0.25) is 0 Å². The smallest absolute Gasteiger partial charge is 0.231 e. The van der Waals surface area contributed by atoms with Crippen molar-refractivity contribution in [3.8, 4) is 11.3 Å². The molecule has 0 bridgehead atoms. The van der Waals surface area contributed by atoms with E-state index < -0.39 is 0 Å². The summed E-state index contributed by atoms with van der Waals surface area (Å²) in [7, 11) is 2.09. The molecule has 4 aromatic rings. The van der Waals surface area contributed by atoms with Crippen LogP contribution in [0.15, 0.2) is 48.8 Å². The fourth-order valence-electron chi connectivity index (χ4n) is 3.57. The number of rotatable bonds is 3. The first kappa shape index (κ1) is 16.2. The van der Waals surface area contributed by atoms with E-state index in [1.807, 2.05) is 17.7 Å². The second kappa shape index (κ2) is 6.23. The second-order valence-corrected chi connectivity index (χ2v) is 8.21. The molecular weight excluding hydrogens is 324 g/mol. The number of hydrogen-bond donors (Lipinski definition) is 0. The minimum atomic E-state index is 0.649. The first-order valence-corrected chi connectivity index (χ1v) is 9.62. The van der Waals surface area contributed by atoms with Crippen molar-refractivity contribution in [1.29, 1.82) is 0 Å². The Hall–Kier alpha value is -2.26. The van der Waals surface area contributed by atoms with Crippen LogP contribution in [-0.2, 0) is 13.5 Å². The van der Waals surface area contributed by atoms with E-state index in [1.165, 1.54) is 37.2 Å². The summed E-state index contributed by atoms with van der Waals surface area (Å²) >= 11 is 1.89. The molecule has 0 saturated heterocycles. The molecule has 0 amide bonds. The second-order valence-electron chi connectivity index (χ2n) is 7.19. The van der Waals surface area contributed by atoms with Gasteiger partial charge < -0.3 is 0 Å². The van der Waals surface area contributed by atoms with Gasteiger partial charge in [-0.2, -0.15) is 0 Å². The molecule has 0 radical (unpaired) electrons. The van der Waals surface area contributed by atoms with Crippen LogP contribution in [0.25, 0.3) is 31.6 Å². The third-order valence-electron chi connectivity index (χ3n) is 4.73. The van der Waals surface area contributed by atoms with Gasteiger partial charge in [0.05, 0.1) is 7.05 Å². The Morgan fingerprint density at radius 3 is 2.60 bits per heavy atom. The quantitative estimate of drug-likeness (QED) is 0.450. The highest BCUT2D eigenvalue weighted by atomic mass is 32.1. The van der Waals surface area contributed by atoms with Crippen LogP contribution in [0, 0.1) is 12.8 Å². The van der Waals surface area contributed by atoms with Gasteiger partial charge in [-0.25, -0.2) is 4.57 Å². The lowest BCUT2D eigenvalue weighted by atomic mass is 10.0. The summed E-state index contributed by atoms with van der Waals surface area (Å²) in [6.07, 6.45) is 3.06. The summed E-state index contributed by atoms with van der Waals surface area (Å²) in [5.41, 5.74) is 6.41. The molecule has 3 heteroatoms. The Morgan fingerprint density at radius 1 is 1.04 bits per heavy atom. The summed E-state index contributed by atoms with van der Waals surface area (Å²) < 4.78 is 4.83. The van der Waals surface area contributed by atoms with Gasteiger partial charge in [0, 0.05) is 15.6 Å². The van der Waals surface area contributed by atoms with Gasteiger partial charge in [-0.1, -0.05) is 50.2 Å². The fraction of sp³-hybridized carbons (Fsp3) is 0.273. The van der Waals surface area contributed by atoms with Crippen molar-refractivity contribution in [2.75, 3.05) is 0 Å². The van der Waals surface area contributed by atoms with E-state index in [0.29, 0.717) is 5.92 Å². The maximum Gasteiger partial charge on any atom is 0.287 e. The number of fused-ring (bicyclic) bond motifs is 3. The van der Waals surface area contributed by atoms with Crippen LogP contribution < -0.4 is 4.57 Å². The normalized spacial score (nSPS) is 11.7. The molecule has 2 nitrogen and oxygen atoms in total. The number of hydrogen-bond acceptors (Lipinski definition) is 2. The van der Waals surface area contributed by atoms with Crippen LogP contribution in [-0.4, -0.2) is 4.98 Å². The summed E-state index contributed by atoms with van der Waals surface area (Å²) in [5.74, 6) is 0.649. The molecule has 4 rings (SSSR count). The molecule has 0 fully saturated rings. The fourth-order valence-corrected chi connectivity index (χ4v) is 4.94. The predicted octanol–water partition coefficient (Wildman–Crippen LogP) is 5.45. The van der Waals surface area contributed by atoms with E-state index in [1.54, 1.807) is 0 Å². The minimum Gasteiger partial charge on any atom is -0.231 e. The molecule has 2 heterocycles.